The summed E-state index contributed by atoms with van der Waals surface area (Å²) in [6.07, 6.45) is 0.798. The van der Waals surface area contributed by atoms with Crippen LogP contribution in [0.2, 0.25) is 0 Å². The van der Waals surface area contributed by atoms with E-state index in [1.807, 2.05) is 4.72 Å². The molecule has 0 aliphatic rings. The van der Waals surface area contributed by atoms with E-state index in [2.05, 4.69) is 0 Å². The minimum absolute atomic E-state index is 0.392. The maximum atomic E-state index is 13.2. The normalized spacial score (nSPS) is 12.4. The molecule has 0 bridgehead atoms. The van der Waals surface area contributed by atoms with Crippen LogP contribution >= 0.6 is 0 Å². The molecule has 0 aliphatic heterocycles. The van der Waals surface area contributed by atoms with Crippen LogP contribution in [0.3, 0.4) is 0 Å². The monoisotopic (exact) mass is 271 g/mol. The highest BCUT2D eigenvalue weighted by Crippen LogP contribution is 2.20. The molecule has 0 saturated heterocycles. The number of anilines is 1. The van der Waals surface area contributed by atoms with E-state index >= 15 is 0 Å². The van der Waals surface area contributed by atoms with E-state index in [0.717, 1.165) is 18.4 Å². The zero-order valence-corrected chi connectivity index (χ0v) is 9.57. The molecule has 1 N–H and O–H groups in total. The van der Waals surface area contributed by atoms with E-state index in [1.54, 1.807) is 0 Å². The topological polar surface area (TPSA) is 80.3 Å². The number of benzene rings is 1. The maximum absolute atomic E-state index is 13.2. The second-order valence-corrected chi connectivity index (χ2v) is 6.05. The highest BCUT2D eigenvalue weighted by molar-refractivity contribution is 7.92. The molecule has 0 unspecified atom stereocenters. The lowest BCUT2D eigenvalue weighted by Gasteiger charge is -2.05. The first-order valence-corrected chi connectivity index (χ1v) is 7.09. The van der Waals surface area contributed by atoms with Crippen molar-refractivity contribution in [1.29, 1.82) is 0 Å². The highest BCUT2D eigenvalue weighted by Gasteiger charge is 2.15. The summed E-state index contributed by atoms with van der Waals surface area (Å²) in [5.41, 5.74) is -0.449. The fraction of sp³-hybridized carbons (Fsp3) is 0.143. The summed E-state index contributed by atoms with van der Waals surface area (Å²) >= 11 is 0. The molecule has 1 aromatic carbocycles. The predicted octanol–water partition coefficient (Wildman–Crippen LogP) is 0.855. The molecule has 0 aromatic heterocycles. The van der Waals surface area contributed by atoms with Crippen molar-refractivity contribution in [2.75, 3.05) is 11.0 Å². The quantitative estimate of drug-likeness (QED) is 0.827. The van der Waals surface area contributed by atoms with E-state index in [9.17, 15) is 25.1 Å². The zero-order valence-electron chi connectivity index (χ0n) is 7.94. The van der Waals surface area contributed by atoms with Crippen LogP contribution in [0.1, 0.15) is 0 Å². The Bertz CT molecular complexity index is 609. The molecule has 16 heavy (non-hydrogen) atoms. The lowest BCUT2D eigenvalue weighted by molar-refractivity contribution is 0.549. The van der Waals surface area contributed by atoms with Gasteiger partial charge in [0.25, 0.3) is 0 Å². The first-order chi connectivity index (χ1) is 7.09. The largest absolute Gasteiger partial charge is 0.332 e. The molecule has 90 valence electrons. The molecule has 0 fully saturated rings. The Morgan fingerprint density at radius 2 is 1.75 bits per heavy atom. The lowest BCUT2D eigenvalue weighted by atomic mass is 10.3. The van der Waals surface area contributed by atoms with Crippen LogP contribution in [0.15, 0.2) is 23.1 Å². The fourth-order valence-electron chi connectivity index (χ4n) is 0.930. The number of hydrogen-bond donors (Lipinski definition) is 1. The zero-order chi connectivity index (χ0) is 12.6. The van der Waals surface area contributed by atoms with E-state index in [0.29, 0.717) is 6.07 Å². The van der Waals surface area contributed by atoms with Crippen molar-refractivity contribution in [1.82, 2.24) is 0 Å². The average Bonchev–Trinajstić information content (AvgIpc) is 2.04. The van der Waals surface area contributed by atoms with Gasteiger partial charge < -0.3 is 0 Å². The Morgan fingerprint density at radius 3 is 2.12 bits per heavy atom. The van der Waals surface area contributed by atoms with Gasteiger partial charge in [-0.1, -0.05) is 0 Å². The SMILES string of the molecule is CS(=O)(=O)Nc1ccc(S(=O)(=O)F)cc1F. The number of nitrogens with one attached hydrogen (secondary N) is 1. The molecule has 0 amide bonds. The first-order valence-electron chi connectivity index (χ1n) is 3.81. The highest BCUT2D eigenvalue weighted by atomic mass is 32.3. The van der Waals surface area contributed by atoms with Crippen LogP contribution in [0.4, 0.5) is 14.0 Å². The summed E-state index contributed by atoms with van der Waals surface area (Å²) in [5, 5.41) is 0. The number of rotatable bonds is 3. The van der Waals surface area contributed by atoms with Crippen molar-refractivity contribution in [2.45, 2.75) is 4.90 Å². The van der Waals surface area contributed by atoms with Crippen molar-refractivity contribution in [3.05, 3.63) is 24.0 Å². The molecule has 9 heteroatoms. The Labute approximate surface area is 91.4 Å². The van der Waals surface area contributed by atoms with Crippen LogP contribution in [-0.2, 0) is 20.2 Å². The van der Waals surface area contributed by atoms with Gasteiger partial charge in [0.2, 0.25) is 10.0 Å². The summed E-state index contributed by atoms with van der Waals surface area (Å²) in [6, 6.07) is 1.97. The Kier molecular flexibility index (Phi) is 3.20. The summed E-state index contributed by atoms with van der Waals surface area (Å²) in [5.74, 6) is -1.18. The lowest BCUT2D eigenvalue weighted by Crippen LogP contribution is -2.11. The molecular formula is C7H7F2NO4S2. The van der Waals surface area contributed by atoms with Gasteiger partial charge in [0.1, 0.15) is 10.7 Å². The molecule has 0 atom stereocenters. The third kappa shape index (κ3) is 3.42. The van der Waals surface area contributed by atoms with Gasteiger partial charge in [0.15, 0.2) is 0 Å². The van der Waals surface area contributed by atoms with Crippen molar-refractivity contribution < 1.29 is 25.1 Å². The van der Waals surface area contributed by atoms with Gasteiger partial charge in [-0.2, -0.15) is 8.42 Å². The van der Waals surface area contributed by atoms with Crippen LogP contribution in [0, 0.1) is 5.82 Å². The van der Waals surface area contributed by atoms with Gasteiger partial charge in [-0.05, 0) is 18.2 Å². The van der Waals surface area contributed by atoms with Gasteiger partial charge in [-0.15, -0.1) is 3.89 Å². The Morgan fingerprint density at radius 1 is 1.19 bits per heavy atom. The van der Waals surface area contributed by atoms with Crippen LogP contribution < -0.4 is 4.72 Å². The summed E-state index contributed by atoms with van der Waals surface area (Å²) in [6.45, 7) is 0. The van der Waals surface area contributed by atoms with E-state index in [-0.39, 0.29) is 0 Å². The number of hydrogen-bond acceptors (Lipinski definition) is 4. The molecular weight excluding hydrogens is 264 g/mol. The van der Waals surface area contributed by atoms with Gasteiger partial charge in [0.05, 0.1) is 11.9 Å². The van der Waals surface area contributed by atoms with Crippen LogP contribution in [0.5, 0.6) is 0 Å². The summed E-state index contributed by atoms with van der Waals surface area (Å²) < 4.78 is 69.7. The van der Waals surface area contributed by atoms with Crippen molar-refractivity contribution in [3.8, 4) is 0 Å². The second-order valence-electron chi connectivity index (χ2n) is 2.95. The van der Waals surface area contributed by atoms with E-state index < -0.39 is 36.6 Å². The van der Waals surface area contributed by atoms with Crippen molar-refractivity contribution in [2.24, 2.45) is 0 Å². The third-order valence-corrected chi connectivity index (χ3v) is 2.93. The molecule has 0 spiro atoms. The molecule has 5 nitrogen and oxygen atoms in total. The Hall–Kier alpha value is -1.22. The minimum atomic E-state index is -5.00. The molecule has 1 aromatic rings. The Balaban J connectivity index is 3.21. The summed E-state index contributed by atoms with van der Waals surface area (Å²) in [4.78, 5) is -0.871. The van der Waals surface area contributed by atoms with Crippen LogP contribution in [-0.4, -0.2) is 23.1 Å². The first kappa shape index (κ1) is 12.8. The molecule has 0 saturated carbocycles. The predicted molar refractivity (Wildman–Crippen MR) is 53.2 cm³/mol. The maximum Gasteiger partial charge on any atom is 0.332 e. The van der Waals surface area contributed by atoms with Gasteiger partial charge in [0, 0.05) is 0 Å². The second kappa shape index (κ2) is 3.98. The minimum Gasteiger partial charge on any atom is -0.281 e. The average molecular weight is 271 g/mol. The van der Waals surface area contributed by atoms with E-state index in [1.165, 1.54) is 0 Å². The standard InChI is InChI=1S/C7H7F2NO4S2/c1-15(11,12)10-7-3-2-5(4-6(7)8)16(9,13)14/h2-4,10H,1H3. The van der Waals surface area contributed by atoms with Gasteiger partial charge in [-0.3, -0.25) is 4.72 Å². The molecule has 0 radical (unpaired) electrons. The van der Waals surface area contributed by atoms with Crippen LogP contribution in [0.25, 0.3) is 0 Å². The number of sulfonamides is 1. The third-order valence-electron chi connectivity index (χ3n) is 1.52. The van der Waals surface area contributed by atoms with Crippen molar-refractivity contribution >= 4 is 25.9 Å². The van der Waals surface area contributed by atoms with Crippen molar-refractivity contribution in [3.63, 3.8) is 0 Å². The fourth-order valence-corrected chi connectivity index (χ4v) is 1.97. The smallest absolute Gasteiger partial charge is 0.281 e. The molecule has 0 aliphatic carbocycles. The summed E-state index contributed by atoms with van der Waals surface area (Å²) in [7, 11) is -8.68. The number of halogens is 2. The van der Waals surface area contributed by atoms with Gasteiger partial charge in [-0.25, -0.2) is 12.8 Å². The molecule has 0 heterocycles. The van der Waals surface area contributed by atoms with E-state index in [4.69, 9.17) is 0 Å². The molecule has 1 rings (SSSR count). The van der Waals surface area contributed by atoms with Gasteiger partial charge >= 0.3 is 10.2 Å².